The molecule has 0 aromatic heterocycles. The van der Waals surface area contributed by atoms with Gasteiger partial charge < -0.3 is 0 Å². The van der Waals surface area contributed by atoms with Gasteiger partial charge in [0.1, 0.15) is 0 Å². The predicted octanol–water partition coefficient (Wildman–Crippen LogP) is 6.38. The van der Waals surface area contributed by atoms with Gasteiger partial charge in [-0.25, -0.2) is 0 Å². The Balaban J connectivity index is 4.34. The summed E-state index contributed by atoms with van der Waals surface area (Å²) in [6, 6.07) is 0. The maximum absolute atomic E-state index is 12.9. The van der Waals surface area contributed by atoms with Crippen molar-refractivity contribution in [2.75, 3.05) is 0 Å². The number of halogens is 16. The fourth-order valence-corrected chi connectivity index (χ4v) is 2.65. The number of alkyl halides is 16. The van der Waals surface area contributed by atoms with E-state index in [1.807, 2.05) is 0 Å². The summed E-state index contributed by atoms with van der Waals surface area (Å²) in [6.45, 7) is 0. The summed E-state index contributed by atoms with van der Waals surface area (Å²) in [5.74, 6) is 0. The van der Waals surface area contributed by atoms with Crippen molar-refractivity contribution in [3.05, 3.63) is 22.3 Å². The smallest absolute Gasteiger partial charge is 0.168 e. The molecule has 0 amide bonds. The third-order valence-corrected chi connectivity index (χ3v) is 3.56. The highest BCUT2D eigenvalue weighted by atomic mass is 35.5. The van der Waals surface area contributed by atoms with E-state index in [9.17, 15) is 65.9 Å². The molecule has 0 nitrogen and oxygen atoms in total. The molecule has 0 unspecified atom stereocenters. The van der Waals surface area contributed by atoms with Crippen LogP contribution in [-0.2, 0) is 0 Å². The molecule has 0 heterocycles. The molecule has 0 aromatic carbocycles. The van der Waals surface area contributed by atoms with E-state index in [0.717, 1.165) is 0 Å². The molecular formula is C10ClF15. The van der Waals surface area contributed by atoms with Gasteiger partial charge in [0.15, 0.2) is 0 Å². The lowest BCUT2D eigenvalue weighted by Gasteiger charge is -2.33. The first-order valence-electron chi connectivity index (χ1n) is 5.52. The molecule has 0 spiro atoms. The first kappa shape index (κ1) is 22.8. The minimum Gasteiger partial charge on any atom is -0.168 e. The Morgan fingerprint density at radius 3 is 0.808 bits per heavy atom. The Bertz CT molecular complexity index is 596. The van der Waals surface area contributed by atoms with Crippen molar-refractivity contribution in [3.8, 4) is 0 Å². The summed E-state index contributed by atoms with van der Waals surface area (Å²) in [7, 11) is 0. The van der Waals surface area contributed by atoms with Crippen molar-refractivity contribution in [1.82, 2.24) is 0 Å². The molecule has 16 heteroatoms. The Morgan fingerprint density at radius 1 is 0.462 bits per heavy atom. The van der Waals surface area contributed by atoms with Crippen molar-refractivity contribution in [1.29, 1.82) is 0 Å². The van der Waals surface area contributed by atoms with Gasteiger partial charge in [-0.1, -0.05) is 11.6 Å². The zero-order valence-corrected chi connectivity index (χ0v) is 11.8. The predicted molar refractivity (Wildman–Crippen MR) is 52.9 cm³/mol. The van der Waals surface area contributed by atoms with E-state index in [1.165, 1.54) is 0 Å². The topological polar surface area (TPSA) is 0 Å². The van der Waals surface area contributed by atoms with Gasteiger partial charge in [-0.2, -0.15) is 65.9 Å². The summed E-state index contributed by atoms with van der Waals surface area (Å²) in [6.07, 6.45) is -34.7. The molecule has 0 aliphatic heterocycles. The fourth-order valence-electron chi connectivity index (χ4n) is 2.24. The highest BCUT2D eigenvalue weighted by Gasteiger charge is 2.77. The van der Waals surface area contributed by atoms with Gasteiger partial charge in [0.2, 0.25) is 4.87 Å². The fraction of sp³-hybridized carbons (Fsp3) is 0.600. The van der Waals surface area contributed by atoms with Crippen LogP contribution in [0.15, 0.2) is 22.3 Å². The van der Waals surface area contributed by atoms with Crippen molar-refractivity contribution < 1.29 is 65.9 Å². The van der Waals surface area contributed by atoms with Gasteiger partial charge in [0.05, 0.1) is 22.3 Å². The molecule has 0 N–H and O–H groups in total. The van der Waals surface area contributed by atoms with Crippen molar-refractivity contribution in [3.63, 3.8) is 0 Å². The molecule has 0 saturated carbocycles. The third kappa shape index (κ3) is 3.45. The van der Waals surface area contributed by atoms with Gasteiger partial charge >= 0.3 is 30.9 Å². The zero-order valence-electron chi connectivity index (χ0n) is 11.0. The van der Waals surface area contributed by atoms with Crippen molar-refractivity contribution in [2.45, 2.75) is 35.8 Å². The summed E-state index contributed by atoms with van der Waals surface area (Å²) in [5, 5.41) is 0. The second-order valence-corrected chi connectivity index (χ2v) is 5.21. The second-order valence-electron chi connectivity index (χ2n) is 4.65. The molecule has 0 aromatic rings. The Hall–Kier alpha value is -1.28. The van der Waals surface area contributed by atoms with Crippen molar-refractivity contribution in [2.24, 2.45) is 0 Å². The lowest BCUT2D eigenvalue weighted by atomic mass is 9.91. The van der Waals surface area contributed by atoms with E-state index in [4.69, 9.17) is 0 Å². The molecule has 1 aliphatic carbocycles. The van der Waals surface area contributed by atoms with Crippen LogP contribution in [0, 0.1) is 0 Å². The van der Waals surface area contributed by atoms with Crippen LogP contribution in [-0.4, -0.2) is 35.8 Å². The Labute approximate surface area is 136 Å². The lowest BCUT2D eigenvalue weighted by molar-refractivity contribution is -0.184. The molecule has 0 atom stereocenters. The molecule has 1 aliphatic rings. The minimum atomic E-state index is -7.02. The molecule has 0 saturated heterocycles. The summed E-state index contributed by atoms with van der Waals surface area (Å²) >= 11 is 4.27. The van der Waals surface area contributed by atoms with Gasteiger partial charge in [-0.3, -0.25) is 0 Å². The van der Waals surface area contributed by atoms with Gasteiger partial charge in [0.25, 0.3) is 0 Å². The quantitative estimate of drug-likeness (QED) is 0.303. The molecule has 0 radical (unpaired) electrons. The molecule has 1 rings (SSSR count). The van der Waals surface area contributed by atoms with Crippen LogP contribution in [0.1, 0.15) is 0 Å². The average molecular weight is 441 g/mol. The van der Waals surface area contributed by atoms with E-state index in [0.29, 0.717) is 0 Å². The van der Waals surface area contributed by atoms with E-state index in [2.05, 4.69) is 11.6 Å². The molecule has 152 valence electrons. The lowest BCUT2D eigenvalue weighted by Crippen LogP contribution is -2.50. The van der Waals surface area contributed by atoms with Crippen LogP contribution in [0.2, 0.25) is 0 Å². The number of hydrogen-bond acceptors (Lipinski definition) is 0. The highest BCUT2D eigenvalue weighted by molar-refractivity contribution is 6.30. The first-order chi connectivity index (χ1) is 11.0. The molecule has 26 heavy (non-hydrogen) atoms. The van der Waals surface area contributed by atoms with Crippen LogP contribution in [0.3, 0.4) is 0 Å². The van der Waals surface area contributed by atoms with Crippen LogP contribution >= 0.6 is 11.6 Å². The second kappa shape index (κ2) is 5.61. The summed E-state index contributed by atoms with van der Waals surface area (Å²) < 4.78 is 192. The van der Waals surface area contributed by atoms with E-state index in [1.54, 1.807) is 0 Å². The van der Waals surface area contributed by atoms with E-state index >= 15 is 0 Å². The highest BCUT2D eigenvalue weighted by Crippen LogP contribution is 2.66. The summed E-state index contributed by atoms with van der Waals surface area (Å²) in [5.41, 5.74) is -16.9. The van der Waals surface area contributed by atoms with Crippen LogP contribution in [0.25, 0.3) is 0 Å². The van der Waals surface area contributed by atoms with Crippen molar-refractivity contribution >= 4 is 11.6 Å². The average Bonchev–Trinajstić information content (AvgIpc) is 2.57. The molecule has 0 fully saturated rings. The monoisotopic (exact) mass is 440 g/mol. The SMILES string of the molecule is FC(F)(F)C1=C(C(F)(F)F)C(Cl)(C(F)(F)F)C(C(F)(F)F)=C1C(F)(F)F. The van der Waals surface area contributed by atoms with Crippen LogP contribution in [0.5, 0.6) is 0 Å². The van der Waals surface area contributed by atoms with E-state index < -0.39 is 58.0 Å². The van der Waals surface area contributed by atoms with Gasteiger partial charge in [-0.05, 0) is 0 Å². The number of rotatable bonds is 0. The Kier molecular flexibility index (Phi) is 4.91. The normalized spacial score (nSPS) is 20.3. The Morgan fingerprint density at radius 2 is 0.692 bits per heavy atom. The van der Waals surface area contributed by atoms with Crippen LogP contribution < -0.4 is 0 Å². The number of allylic oxidation sites excluding steroid dienone is 4. The first-order valence-corrected chi connectivity index (χ1v) is 5.90. The summed E-state index contributed by atoms with van der Waals surface area (Å²) in [4.78, 5) is -6.17. The van der Waals surface area contributed by atoms with Crippen LogP contribution in [0.4, 0.5) is 65.9 Å². The zero-order chi connectivity index (χ0) is 21.3. The molecule has 0 bridgehead atoms. The standard InChI is InChI=1S/C10ClF15/c11-5(10(24,25)26)3(8(18,19)20)1(6(12,13)14)2(7(15,16)17)4(5)9(21,22)23. The molecular weight excluding hydrogens is 441 g/mol. The minimum absolute atomic E-state index is 4.20. The third-order valence-electron chi connectivity index (χ3n) is 2.96. The van der Waals surface area contributed by atoms with E-state index in [-0.39, 0.29) is 0 Å². The number of hydrogen-bond donors (Lipinski definition) is 0. The van der Waals surface area contributed by atoms with Gasteiger partial charge in [-0.15, -0.1) is 0 Å². The largest absolute Gasteiger partial charge is 0.417 e. The maximum atomic E-state index is 12.9. The maximum Gasteiger partial charge on any atom is 0.417 e. The van der Waals surface area contributed by atoms with Gasteiger partial charge in [0, 0.05) is 0 Å².